The van der Waals surface area contributed by atoms with E-state index in [2.05, 4.69) is 43.2 Å². The molecule has 0 saturated heterocycles. The van der Waals surface area contributed by atoms with E-state index < -0.39 is 0 Å². The average Bonchev–Trinajstić information content (AvgIpc) is 2.33. The van der Waals surface area contributed by atoms with Crippen molar-refractivity contribution in [2.24, 2.45) is 11.8 Å². The number of nitrogens with one attached hydrogen (secondary N) is 1. The summed E-state index contributed by atoms with van der Waals surface area (Å²) >= 11 is 0. The van der Waals surface area contributed by atoms with Crippen molar-refractivity contribution < 1.29 is 0 Å². The van der Waals surface area contributed by atoms with Crippen LogP contribution in [0, 0.1) is 25.7 Å². The van der Waals surface area contributed by atoms with E-state index in [0.717, 1.165) is 23.2 Å². The van der Waals surface area contributed by atoms with Crippen molar-refractivity contribution in [3.05, 3.63) is 23.5 Å². The van der Waals surface area contributed by atoms with Gasteiger partial charge >= 0.3 is 0 Å². The highest BCUT2D eigenvalue weighted by molar-refractivity contribution is 5.48. The zero-order valence-electron chi connectivity index (χ0n) is 12.2. The molecule has 2 unspecified atom stereocenters. The van der Waals surface area contributed by atoms with E-state index in [-0.39, 0.29) is 0 Å². The lowest BCUT2D eigenvalue weighted by atomic mass is 9.79. The molecule has 2 atom stereocenters. The Labute approximate surface area is 111 Å². The lowest BCUT2D eigenvalue weighted by molar-refractivity contribution is 0.264. The molecule has 1 saturated carbocycles. The molecule has 1 aromatic heterocycles. The summed E-state index contributed by atoms with van der Waals surface area (Å²) in [5.41, 5.74) is 3.44. The molecule has 1 fully saturated rings. The fourth-order valence-electron chi connectivity index (χ4n) is 3.02. The Kier molecular flexibility index (Phi) is 4.26. The SMILES string of the molecule is Cc1ccc(NC2CCCC(C(C)C)C2)c(C)n1. The van der Waals surface area contributed by atoms with E-state index in [9.17, 15) is 0 Å². The normalized spacial score (nSPS) is 24.3. The molecule has 0 amide bonds. The topological polar surface area (TPSA) is 24.9 Å². The van der Waals surface area contributed by atoms with Crippen LogP contribution in [0.1, 0.15) is 50.9 Å². The zero-order chi connectivity index (χ0) is 13.1. The third-order valence-electron chi connectivity index (χ3n) is 4.24. The second-order valence-corrected chi connectivity index (χ2v) is 6.10. The summed E-state index contributed by atoms with van der Waals surface area (Å²) in [4.78, 5) is 4.53. The molecule has 2 nitrogen and oxygen atoms in total. The molecule has 2 rings (SSSR count). The Morgan fingerprint density at radius 2 is 2.00 bits per heavy atom. The molecule has 1 N–H and O–H groups in total. The molecule has 1 aliphatic rings. The van der Waals surface area contributed by atoms with Crippen molar-refractivity contribution in [3.8, 4) is 0 Å². The van der Waals surface area contributed by atoms with Crippen LogP contribution in [0.25, 0.3) is 0 Å². The molecule has 0 radical (unpaired) electrons. The van der Waals surface area contributed by atoms with Gasteiger partial charge in [0.15, 0.2) is 0 Å². The van der Waals surface area contributed by atoms with Gasteiger partial charge in [-0.25, -0.2) is 0 Å². The lowest BCUT2D eigenvalue weighted by Gasteiger charge is -2.33. The van der Waals surface area contributed by atoms with Gasteiger partial charge in [0.1, 0.15) is 0 Å². The van der Waals surface area contributed by atoms with E-state index in [0.29, 0.717) is 6.04 Å². The number of rotatable bonds is 3. The molecule has 18 heavy (non-hydrogen) atoms. The summed E-state index contributed by atoms with van der Waals surface area (Å²) in [7, 11) is 0. The number of pyridine rings is 1. The number of nitrogens with zero attached hydrogens (tertiary/aromatic N) is 1. The van der Waals surface area contributed by atoms with Gasteiger partial charge in [-0.2, -0.15) is 0 Å². The maximum Gasteiger partial charge on any atom is 0.0606 e. The monoisotopic (exact) mass is 246 g/mol. The van der Waals surface area contributed by atoms with Crippen LogP contribution in [0.4, 0.5) is 5.69 Å². The molecule has 1 heterocycles. The van der Waals surface area contributed by atoms with Gasteiger partial charge < -0.3 is 5.32 Å². The van der Waals surface area contributed by atoms with E-state index in [1.807, 2.05) is 6.92 Å². The van der Waals surface area contributed by atoms with Crippen LogP contribution in [0.3, 0.4) is 0 Å². The fraction of sp³-hybridized carbons (Fsp3) is 0.688. The highest BCUT2D eigenvalue weighted by Gasteiger charge is 2.24. The smallest absolute Gasteiger partial charge is 0.0606 e. The van der Waals surface area contributed by atoms with Crippen LogP contribution in [0.15, 0.2) is 12.1 Å². The van der Waals surface area contributed by atoms with Gasteiger partial charge in [0.05, 0.1) is 11.4 Å². The van der Waals surface area contributed by atoms with Gasteiger partial charge in [0.25, 0.3) is 0 Å². The highest BCUT2D eigenvalue weighted by atomic mass is 14.9. The first kappa shape index (κ1) is 13.4. The van der Waals surface area contributed by atoms with E-state index in [4.69, 9.17) is 0 Å². The maximum atomic E-state index is 4.53. The van der Waals surface area contributed by atoms with Gasteiger partial charge in [0, 0.05) is 11.7 Å². The van der Waals surface area contributed by atoms with Gasteiger partial charge in [-0.1, -0.05) is 26.7 Å². The number of hydrogen-bond acceptors (Lipinski definition) is 2. The van der Waals surface area contributed by atoms with Gasteiger partial charge in [-0.15, -0.1) is 0 Å². The highest BCUT2D eigenvalue weighted by Crippen LogP contribution is 2.31. The van der Waals surface area contributed by atoms with Crippen LogP contribution in [0.5, 0.6) is 0 Å². The molecule has 0 bridgehead atoms. The third kappa shape index (κ3) is 3.24. The second-order valence-electron chi connectivity index (χ2n) is 6.10. The molecule has 1 aliphatic carbocycles. The Morgan fingerprint density at radius 3 is 2.67 bits per heavy atom. The van der Waals surface area contributed by atoms with Crippen LogP contribution >= 0.6 is 0 Å². The van der Waals surface area contributed by atoms with Crippen molar-refractivity contribution in [2.75, 3.05) is 5.32 Å². The number of anilines is 1. The van der Waals surface area contributed by atoms with Gasteiger partial charge in [-0.3, -0.25) is 4.98 Å². The van der Waals surface area contributed by atoms with E-state index in [1.54, 1.807) is 0 Å². The van der Waals surface area contributed by atoms with E-state index in [1.165, 1.54) is 31.4 Å². The molecule has 2 heteroatoms. The standard InChI is InChI=1S/C16H26N2/c1-11(2)14-6-5-7-15(10-14)18-16-9-8-12(3)17-13(16)4/h8-9,11,14-15,18H,5-7,10H2,1-4H3. The predicted octanol–water partition coefficient (Wildman–Crippen LogP) is 4.33. The lowest BCUT2D eigenvalue weighted by Crippen LogP contribution is -2.29. The van der Waals surface area contributed by atoms with Crippen molar-refractivity contribution in [1.82, 2.24) is 4.98 Å². The van der Waals surface area contributed by atoms with Crippen molar-refractivity contribution >= 4 is 5.69 Å². The molecular weight excluding hydrogens is 220 g/mol. The summed E-state index contributed by atoms with van der Waals surface area (Å²) in [6, 6.07) is 4.91. The second kappa shape index (κ2) is 5.73. The summed E-state index contributed by atoms with van der Waals surface area (Å²) < 4.78 is 0. The molecule has 0 aromatic carbocycles. The van der Waals surface area contributed by atoms with Crippen LogP contribution in [-0.4, -0.2) is 11.0 Å². The minimum atomic E-state index is 0.634. The fourth-order valence-corrected chi connectivity index (χ4v) is 3.02. The Bertz CT molecular complexity index is 398. The minimum absolute atomic E-state index is 0.634. The average molecular weight is 246 g/mol. The predicted molar refractivity (Wildman–Crippen MR) is 77.9 cm³/mol. The Hall–Kier alpha value is -1.05. The maximum absolute atomic E-state index is 4.53. The summed E-state index contributed by atoms with van der Waals surface area (Å²) in [5.74, 6) is 1.70. The number of aromatic nitrogens is 1. The first-order chi connectivity index (χ1) is 8.56. The van der Waals surface area contributed by atoms with Gasteiger partial charge in [-0.05, 0) is 50.7 Å². The molecule has 0 aliphatic heterocycles. The van der Waals surface area contributed by atoms with Crippen molar-refractivity contribution in [3.63, 3.8) is 0 Å². The summed E-state index contributed by atoms with van der Waals surface area (Å²) in [5, 5.41) is 3.70. The van der Waals surface area contributed by atoms with Crippen LogP contribution in [0.2, 0.25) is 0 Å². The minimum Gasteiger partial charge on any atom is -0.381 e. The first-order valence-electron chi connectivity index (χ1n) is 7.27. The molecule has 0 spiro atoms. The summed E-state index contributed by atoms with van der Waals surface area (Å²) in [6.07, 6.45) is 5.38. The summed E-state index contributed by atoms with van der Waals surface area (Å²) in [6.45, 7) is 8.85. The van der Waals surface area contributed by atoms with Gasteiger partial charge in [0.2, 0.25) is 0 Å². The number of aryl methyl sites for hydroxylation is 2. The first-order valence-corrected chi connectivity index (χ1v) is 7.27. The molecule has 100 valence electrons. The van der Waals surface area contributed by atoms with Crippen molar-refractivity contribution in [1.29, 1.82) is 0 Å². The molecule has 1 aromatic rings. The Balaban J connectivity index is 2.00. The van der Waals surface area contributed by atoms with Crippen molar-refractivity contribution in [2.45, 2.75) is 59.4 Å². The molecular formula is C16H26N2. The Morgan fingerprint density at radius 1 is 1.22 bits per heavy atom. The quantitative estimate of drug-likeness (QED) is 0.859. The largest absolute Gasteiger partial charge is 0.381 e. The third-order valence-corrected chi connectivity index (χ3v) is 4.24. The number of hydrogen-bond donors (Lipinski definition) is 1. The van der Waals surface area contributed by atoms with Crippen LogP contribution < -0.4 is 5.32 Å². The zero-order valence-corrected chi connectivity index (χ0v) is 12.2. The van der Waals surface area contributed by atoms with Crippen LogP contribution in [-0.2, 0) is 0 Å². The van der Waals surface area contributed by atoms with E-state index >= 15 is 0 Å².